The van der Waals surface area contributed by atoms with Gasteiger partial charge in [-0.05, 0) is 37.0 Å². The summed E-state index contributed by atoms with van der Waals surface area (Å²) >= 11 is 3.27. The van der Waals surface area contributed by atoms with Gasteiger partial charge in [-0.3, -0.25) is 0 Å². The summed E-state index contributed by atoms with van der Waals surface area (Å²) in [7, 11) is 0. The van der Waals surface area contributed by atoms with Crippen LogP contribution >= 0.6 is 15.9 Å². The Morgan fingerprint density at radius 2 is 2.23 bits per heavy atom. The number of halogens is 2. The molecule has 1 aromatic carbocycles. The van der Waals surface area contributed by atoms with Crippen molar-refractivity contribution in [3.63, 3.8) is 0 Å². The van der Waals surface area contributed by atoms with Crippen molar-refractivity contribution in [3.8, 4) is 5.75 Å². The molecule has 0 radical (unpaired) electrons. The maximum atomic E-state index is 13.1. The van der Waals surface area contributed by atoms with E-state index in [4.69, 9.17) is 4.74 Å². The Balaban J connectivity index is 2.03. The van der Waals surface area contributed by atoms with E-state index >= 15 is 0 Å². The Labute approximate surface area is 85.0 Å². The number of hydrogen-bond acceptors (Lipinski definition) is 1. The van der Waals surface area contributed by atoms with Crippen LogP contribution in [-0.2, 0) is 0 Å². The third-order valence-corrected chi connectivity index (χ3v) is 2.56. The Morgan fingerprint density at radius 3 is 2.92 bits per heavy atom. The summed E-state index contributed by atoms with van der Waals surface area (Å²) in [5, 5.41) is 0. The lowest BCUT2D eigenvalue weighted by molar-refractivity contribution is 0.285. The van der Waals surface area contributed by atoms with Gasteiger partial charge in [-0.25, -0.2) is 4.39 Å². The molecular formula is C10H10BrFO. The first-order valence-corrected chi connectivity index (χ1v) is 5.13. The minimum Gasteiger partial charge on any atom is -0.490 e. The van der Waals surface area contributed by atoms with Crippen molar-refractivity contribution >= 4 is 15.9 Å². The van der Waals surface area contributed by atoms with Gasteiger partial charge in [0, 0.05) is 4.47 Å². The Morgan fingerprint density at radius 1 is 1.46 bits per heavy atom. The molecule has 1 aliphatic rings. The van der Waals surface area contributed by atoms with Crippen LogP contribution in [0.3, 0.4) is 0 Å². The van der Waals surface area contributed by atoms with Crippen molar-refractivity contribution < 1.29 is 9.13 Å². The average Bonchev–Trinajstić information content (AvgIpc) is 2.90. The largest absolute Gasteiger partial charge is 0.490 e. The highest BCUT2D eigenvalue weighted by molar-refractivity contribution is 9.10. The molecule has 1 aromatic rings. The first-order chi connectivity index (χ1) is 6.25. The smallest absolute Gasteiger partial charge is 0.165 e. The zero-order valence-corrected chi connectivity index (χ0v) is 8.68. The molecule has 0 N–H and O–H groups in total. The fourth-order valence-electron chi connectivity index (χ4n) is 1.08. The molecule has 13 heavy (non-hydrogen) atoms. The highest BCUT2D eigenvalue weighted by Gasteiger charge is 2.22. The molecule has 1 fully saturated rings. The topological polar surface area (TPSA) is 9.23 Å². The fourth-order valence-corrected chi connectivity index (χ4v) is 1.42. The van der Waals surface area contributed by atoms with Crippen molar-refractivity contribution in [1.29, 1.82) is 0 Å². The van der Waals surface area contributed by atoms with Gasteiger partial charge in [0.25, 0.3) is 0 Å². The molecule has 1 nitrogen and oxygen atoms in total. The molecule has 0 unspecified atom stereocenters. The molecule has 0 aliphatic heterocycles. The van der Waals surface area contributed by atoms with Crippen molar-refractivity contribution in [2.24, 2.45) is 5.92 Å². The minimum absolute atomic E-state index is 0.288. The highest BCUT2D eigenvalue weighted by Crippen LogP contribution is 2.30. The molecule has 1 aliphatic carbocycles. The van der Waals surface area contributed by atoms with E-state index in [0.29, 0.717) is 18.3 Å². The Kier molecular flexibility index (Phi) is 2.54. The van der Waals surface area contributed by atoms with Crippen LogP contribution in [0.1, 0.15) is 12.8 Å². The quantitative estimate of drug-likeness (QED) is 0.793. The molecule has 0 aromatic heterocycles. The second-order valence-corrected chi connectivity index (χ2v) is 4.24. The first-order valence-electron chi connectivity index (χ1n) is 4.33. The number of ether oxygens (including phenoxy) is 1. The summed E-state index contributed by atoms with van der Waals surface area (Å²) in [4.78, 5) is 0. The van der Waals surface area contributed by atoms with E-state index in [2.05, 4.69) is 15.9 Å². The van der Waals surface area contributed by atoms with Crippen LogP contribution in [0.25, 0.3) is 0 Å². The van der Waals surface area contributed by atoms with E-state index in [1.54, 1.807) is 12.1 Å². The van der Waals surface area contributed by atoms with Crippen molar-refractivity contribution in [2.75, 3.05) is 6.61 Å². The summed E-state index contributed by atoms with van der Waals surface area (Å²) < 4.78 is 19.3. The molecule has 1 saturated carbocycles. The Hall–Kier alpha value is -0.570. The van der Waals surface area contributed by atoms with Gasteiger partial charge < -0.3 is 4.74 Å². The van der Waals surface area contributed by atoms with Crippen molar-refractivity contribution in [1.82, 2.24) is 0 Å². The normalized spacial score (nSPS) is 15.8. The molecule has 2 rings (SSSR count). The number of hydrogen-bond donors (Lipinski definition) is 0. The zero-order valence-electron chi connectivity index (χ0n) is 7.09. The van der Waals surface area contributed by atoms with Crippen LogP contribution in [0.5, 0.6) is 5.75 Å². The SMILES string of the molecule is Fc1ccc(Br)cc1OCC1CC1. The monoisotopic (exact) mass is 244 g/mol. The number of rotatable bonds is 3. The van der Waals surface area contributed by atoms with E-state index in [9.17, 15) is 4.39 Å². The van der Waals surface area contributed by atoms with Crippen LogP contribution in [0, 0.1) is 11.7 Å². The lowest BCUT2D eigenvalue weighted by Crippen LogP contribution is -2.00. The molecular weight excluding hydrogens is 235 g/mol. The molecule has 0 spiro atoms. The maximum Gasteiger partial charge on any atom is 0.165 e. The van der Waals surface area contributed by atoms with Crippen LogP contribution in [0.4, 0.5) is 4.39 Å². The van der Waals surface area contributed by atoms with Crippen LogP contribution in [0.15, 0.2) is 22.7 Å². The molecule has 70 valence electrons. The van der Waals surface area contributed by atoms with Crippen molar-refractivity contribution in [2.45, 2.75) is 12.8 Å². The lowest BCUT2D eigenvalue weighted by Gasteiger charge is -2.06. The summed E-state index contributed by atoms with van der Waals surface area (Å²) in [6, 6.07) is 4.74. The van der Waals surface area contributed by atoms with Gasteiger partial charge in [-0.2, -0.15) is 0 Å². The van der Waals surface area contributed by atoms with E-state index < -0.39 is 0 Å². The molecule has 0 bridgehead atoms. The zero-order chi connectivity index (χ0) is 9.26. The lowest BCUT2D eigenvalue weighted by atomic mass is 10.3. The summed E-state index contributed by atoms with van der Waals surface area (Å²) in [5.74, 6) is 0.712. The molecule has 0 saturated heterocycles. The third kappa shape index (κ3) is 2.44. The second-order valence-electron chi connectivity index (χ2n) is 3.33. The maximum absolute atomic E-state index is 13.1. The summed E-state index contributed by atoms with van der Waals surface area (Å²) in [6.45, 7) is 0.646. The molecule has 3 heteroatoms. The standard InChI is InChI=1S/C10H10BrFO/c11-8-3-4-9(12)10(5-8)13-6-7-1-2-7/h3-5,7H,1-2,6H2. The van der Waals surface area contributed by atoms with Gasteiger partial charge in [0.05, 0.1) is 6.61 Å². The fraction of sp³-hybridized carbons (Fsp3) is 0.400. The second kappa shape index (κ2) is 3.66. The van der Waals surface area contributed by atoms with Gasteiger partial charge in [-0.1, -0.05) is 15.9 Å². The van der Waals surface area contributed by atoms with Gasteiger partial charge >= 0.3 is 0 Å². The highest BCUT2D eigenvalue weighted by atomic mass is 79.9. The average molecular weight is 245 g/mol. The van der Waals surface area contributed by atoms with Crippen LogP contribution < -0.4 is 4.74 Å². The molecule has 0 amide bonds. The predicted octanol–water partition coefficient (Wildman–Crippen LogP) is 3.38. The van der Waals surface area contributed by atoms with E-state index in [1.165, 1.54) is 18.9 Å². The van der Waals surface area contributed by atoms with Crippen LogP contribution in [0.2, 0.25) is 0 Å². The Bertz CT molecular complexity index is 310. The van der Waals surface area contributed by atoms with Crippen LogP contribution in [-0.4, -0.2) is 6.61 Å². The summed E-state index contributed by atoms with van der Waals surface area (Å²) in [6.07, 6.45) is 2.44. The van der Waals surface area contributed by atoms with E-state index in [1.807, 2.05) is 0 Å². The predicted molar refractivity (Wildman–Crippen MR) is 52.3 cm³/mol. The van der Waals surface area contributed by atoms with Gasteiger partial charge in [-0.15, -0.1) is 0 Å². The third-order valence-electron chi connectivity index (χ3n) is 2.06. The van der Waals surface area contributed by atoms with Gasteiger partial charge in [0.15, 0.2) is 11.6 Å². The van der Waals surface area contributed by atoms with Crippen molar-refractivity contribution in [3.05, 3.63) is 28.5 Å². The van der Waals surface area contributed by atoms with Gasteiger partial charge in [0.1, 0.15) is 0 Å². The van der Waals surface area contributed by atoms with E-state index in [-0.39, 0.29) is 5.82 Å². The van der Waals surface area contributed by atoms with Gasteiger partial charge in [0.2, 0.25) is 0 Å². The minimum atomic E-state index is -0.288. The number of benzene rings is 1. The summed E-state index contributed by atoms with van der Waals surface area (Å²) in [5.41, 5.74) is 0. The molecule has 0 heterocycles. The van der Waals surface area contributed by atoms with E-state index in [0.717, 1.165) is 4.47 Å². The molecule has 0 atom stereocenters. The first kappa shape index (κ1) is 9.00.